The lowest BCUT2D eigenvalue weighted by molar-refractivity contribution is 0.0762. The zero-order valence-electron chi connectivity index (χ0n) is 12.9. The molecule has 6 heteroatoms. The molecule has 1 aliphatic heterocycles. The van der Waals surface area contributed by atoms with Gasteiger partial charge in [-0.15, -0.1) is 0 Å². The lowest BCUT2D eigenvalue weighted by Gasteiger charge is -2.23. The Kier molecular flexibility index (Phi) is 8.68. The van der Waals surface area contributed by atoms with Gasteiger partial charge in [-0.25, -0.2) is 13.1 Å². The normalized spacial score (nSPS) is 20.4. The van der Waals surface area contributed by atoms with Crippen molar-refractivity contribution < 1.29 is 13.2 Å². The molecule has 120 valence electrons. The van der Waals surface area contributed by atoms with Crippen LogP contribution in [0.15, 0.2) is 0 Å². The van der Waals surface area contributed by atoms with Crippen LogP contribution in [0.4, 0.5) is 0 Å². The van der Waals surface area contributed by atoms with Crippen molar-refractivity contribution in [1.29, 1.82) is 0 Å². The van der Waals surface area contributed by atoms with Gasteiger partial charge in [-0.05, 0) is 52.5 Å². The third-order valence-electron chi connectivity index (χ3n) is 3.49. The monoisotopic (exact) mass is 306 g/mol. The van der Waals surface area contributed by atoms with Crippen LogP contribution in [0.2, 0.25) is 0 Å². The molecule has 0 bridgehead atoms. The molecule has 1 heterocycles. The first-order chi connectivity index (χ1) is 9.49. The van der Waals surface area contributed by atoms with Crippen LogP contribution in [0.3, 0.4) is 0 Å². The summed E-state index contributed by atoms with van der Waals surface area (Å²) in [5.41, 5.74) is 0. The molecule has 1 fully saturated rings. The smallest absolute Gasteiger partial charge is 0.211 e. The van der Waals surface area contributed by atoms with Gasteiger partial charge in [0.1, 0.15) is 0 Å². The standard InChI is InChI=1S/C14H30N2O3S/c1-13(2)19-11-6-5-10-16-20(17,18)12-8-14-7-3-4-9-15-14/h13-16H,3-12H2,1-2H3. The molecular weight excluding hydrogens is 276 g/mol. The summed E-state index contributed by atoms with van der Waals surface area (Å²) in [7, 11) is -3.12. The second kappa shape index (κ2) is 9.71. The van der Waals surface area contributed by atoms with Crippen LogP contribution in [0, 0.1) is 0 Å². The van der Waals surface area contributed by atoms with E-state index >= 15 is 0 Å². The van der Waals surface area contributed by atoms with E-state index in [1.54, 1.807) is 0 Å². The number of hydrogen-bond acceptors (Lipinski definition) is 4. The summed E-state index contributed by atoms with van der Waals surface area (Å²) < 4.78 is 31.8. The molecule has 1 saturated heterocycles. The van der Waals surface area contributed by atoms with Gasteiger partial charge in [0, 0.05) is 19.2 Å². The highest BCUT2D eigenvalue weighted by Crippen LogP contribution is 2.10. The fourth-order valence-electron chi connectivity index (χ4n) is 2.31. The zero-order valence-corrected chi connectivity index (χ0v) is 13.7. The van der Waals surface area contributed by atoms with Crippen molar-refractivity contribution in [2.75, 3.05) is 25.4 Å². The molecule has 5 nitrogen and oxygen atoms in total. The summed E-state index contributed by atoms with van der Waals surface area (Å²) in [5.74, 6) is 0.229. The summed E-state index contributed by atoms with van der Waals surface area (Å²) in [6, 6.07) is 0.375. The molecule has 0 aromatic carbocycles. The molecule has 0 aliphatic carbocycles. The molecule has 1 rings (SSSR count). The first kappa shape index (κ1) is 17.9. The minimum atomic E-state index is -3.12. The minimum Gasteiger partial charge on any atom is -0.379 e. The fraction of sp³-hybridized carbons (Fsp3) is 1.00. The first-order valence-electron chi connectivity index (χ1n) is 7.82. The highest BCUT2D eigenvalue weighted by molar-refractivity contribution is 7.89. The Morgan fingerprint density at radius 2 is 2.10 bits per heavy atom. The van der Waals surface area contributed by atoms with Gasteiger partial charge in [-0.1, -0.05) is 6.42 Å². The molecular formula is C14H30N2O3S. The third kappa shape index (κ3) is 8.89. The largest absolute Gasteiger partial charge is 0.379 e. The predicted octanol–water partition coefficient (Wildman–Crippen LogP) is 1.64. The summed E-state index contributed by atoms with van der Waals surface area (Å²) in [6.07, 6.45) is 6.20. The van der Waals surface area contributed by atoms with Gasteiger partial charge in [-0.2, -0.15) is 0 Å². The van der Waals surface area contributed by atoms with E-state index in [0.29, 0.717) is 25.6 Å². The van der Waals surface area contributed by atoms with Crippen molar-refractivity contribution in [2.24, 2.45) is 0 Å². The van der Waals surface area contributed by atoms with Crippen LogP contribution in [-0.2, 0) is 14.8 Å². The van der Waals surface area contributed by atoms with E-state index in [4.69, 9.17) is 4.74 Å². The Hall–Kier alpha value is -0.170. The van der Waals surface area contributed by atoms with Crippen LogP contribution in [0.5, 0.6) is 0 Å². The van der Waals surface area contributed by atoms with Crippen LogP contribution < -0.4 is 10.0 Å². The Labute approximate surface area is 123 Å². The summed E-state index contributed by atoms with van der Waals surface area (Å²) in [4.78, 5) is 0. The van der Waals surface area contributed by atoms with E-state index in [1.807, 2.05) is 13.8 Å². The average molecular weight is 306 g/mol. The number of piperidine rings is 1. The second-order valence-electron chi connectivity index (χ2n) is 5.78. The number of rotatable bonds is 10. The van der Waals surface area contributed by atoms with Crippen LogP contribution in [0.1, 0.15) is 52.4 Å². The summed E-state index contributed by atoms with van der Waals surface area (Å²) >= 11 is 0. The maximum atomic E-state index is 11.8. The van der Waals surface area contributed by atoms with Crippen molar-refractivity contribution in [3.63, 3.8) is 0 Å². The number of hydrogen-bond donors (Lipinski definition) is 2. The molecule has 0 saturated carbocycles. The van der Waals surface area contributed by atoms with Crippen molar-refractivity contribution in [1.82, 2.24) is 10.0 Å². The molecule has 20 heavy (non-hydrogen) atoms. The summed E-state index contributed by atoms with van der Waals surface area (Å²) in [6.45, 7) is 6.24. The van der Waals surface area contributed by atoms with E-state index in [0.717, 1.165) is 25.8 Å². The average Bonchev–Trinajstić information content (AvgIpc) is 2.41. The lowest BCUT2D eigenvalue weighted by atomic mass is 10.0. The zero-order chi connectivity index (χ0) is 14.8. The molecule has 1 atom stereocenters. The maximum Gasteiger partial charge on any atom is 0.211 e. The SMILES string of the molecule is CC(C)OCCCCNS(=O)(=O)CCC1CCCCN1. The Balaban J connectivity index is 2.05. The van der Waals surface area contributed by atoms with Crippen LogP contribution >= 0.6 is 0 Å². The highest BCUT2D eigenvalue weighted by atomic mass is 32.2. The van der Waals surface area contributed by atoms with Gasteiger partial charge in [0.25, 0.3) is 0 Å². The molecule has 1 aliphatic rings. The highest BCUT2D eigenvalue weighted by Gasteiger charge is 2.16. The van der Waals surface area contributed by atoms with Crippen LogP contribution in [-0.4, -0.2) is 46.0 Å². The van der Waals surface area contributed by atoms with E-state index in [2.05, 4.69) is 10.0 Å². The van der Waals surface area contributed by atoms with Gasteiger partial charge >= 0.3 is 0 Å². The summed E-state index contributed by atoms with van der Waals surface area (Å²) in [5, 5.41) is 3.38. The molecule has 0 amide bonds. The topological polar surface area (TPSA) is 67.4 Å². The van der Waals surface area contributed by atoms with Gasteiger partial charge in [0.05, 0.1) is 11.9 Å². The van der Waals surface area contributed by atoms with Crippen molar-refractivity contribution in [3.05, 3.63) is 0 Å². The molecule has 0 radical (unpaired) electrons. The molecule has 2 N–H and O–H groups in total. The number of nitrogens with one attached hydrogen (secondary N) is 2. The minimum absolute atomic E-state index is 0.229. The van der Waals surface area contributed by atoms with E-state index in [-0.39, 0.29) is 11.9 Å². The van der Waals surface area contributed by atoms with Crippen molar-refractivity contribution in [2.45, 2.75) is 64.5 Å². The molecule has 0 aromatic heterocycles. The quantitative estimate of drug-likeness (QED) is 0.602. The van der Waals surface area contributed by atoms with Crippen molar-refractivity contribution >= 4 is 10.0 Å². The Bertz CT molecular complexity index is 338. The van der Waals surface area contributed by atoms with E-state index in [1.165, 1.54) is 12.8 Å². The van der Waals surface area contributed by atoms with Crippen molar-refractivity contribution in [3.8, 4) is 0 Å². The number of sulfonamides is 1. The lowest BCUT2D eigenvalue weighted by Crippen LogP contribution is -2.37. The van der Waals surface area contributed by atoms with Gasteiger partial charge in [0.2, 0.25) is 10.0 Å². The van der Waals surface area contributed by atoms with Gasteiger partial charge in [0.15, 0.2) is 0 Å². The predicted molar refractivity (Wildman–Crippen MR) is 82.4 cm³/mol. The number of ether oxygens (including phenoxy) is 1. The molecule has 1 unspecified atom stereocenters. The van der Waals surface area contributed by atoms with E-state index in [9.17, 15) is 8.42 Å². The van der Waals surface area contributed by atoms with Gasteiger partial charge < -0.3 is 10.1 Å². The third-order valence-corrected chi connectivity index (χ3v) is 4.91. The molecule has 0 spiro atoms. The molecule has 0 aromatic rings. The fourth-order valence-corrected chi connectivity index (χ4v) is 3.51. The maximum absolute atomic E-state index is 11.8. The van der Waals surface area contributed by atoms with E-state index < -0.39 is 10.0 Å². The Morgan fingerprint density at radius 3 is 2.75 bits per heavy atom. The number of unbranched alkanes of at least 4 members (excludes halogenated alkanes) is 1. The Morgan fingerprint density at radius 1 is 1.30 bits per heavy atom. The van der Waals surface area contributed by atoms with Crippen LogP contribution in [0.25, 0.3) is 0 Å². The van der Waals surface area contributed by atoms with Gasteiger partial charge in [-0.3, -0.25) is 0 Å². The first-order valence-corrected chi connectivity index (χ1v) is 9.47. The second-order valence-corrected chi connectivity index (χ2v) is 7.70.